The van der Waals surface area contributed by atoms with E-state index in [4.69, 9.17) is 0 Å². The third kappa shape index (κ3) is 3.87. The average Bonchev–Trinajstić information content (AvgIpc) is 2.97. The number of aliphatic hydroxyl groups excluding tert-OH is 1. The molecule has 0 radical (unpaired) electrons. The van der Waals surface area contributed by atoms with Gasteiger partial charge < -0.3 is 15.3 Å². The first kappa shape index (κ1) is 30.5. The fourth-order valence-corrected chi connectivity index (χ4v) is 8.09. The van der Waals surface area contributed by atoms with Crippen LogP contribution in [0.2, 0.25) is 0 Å². The van der Waals surface area contributed by atoms with Crippen molar-refractivity contribution in [3.63, 3.8) is 0 Å². The van der Waals surface area contributed by atoms with E-state index in [1.165, 1.54) is 27.7 Å². The zero-order chi connectivity index (χ0) is 30.3. The van der Waals surface area contributed by atoms with Gasteiger partial charge in [0.1, 0.15) is 0 Å². The van der Waals surface area contributed by atoms with Crippen LogP contribution in [0.4, 0.5) is 0 Å². The number of aliphatic hydroxyl groups is 3. The molecule has 7 heteroatoms. The van der Waals surface area contributed by atoms with Crippen molar-refractivity contribution in [2.24, 2.45) is 33.5 Å². The second-order valence-corrected chi connectivity index (χ2v) is 14.4. The Kier molecular flexibility index (Phi) is 7.06. The van der Waals surface area contributed by atoms with Gasteiger partial charge >= 0.3 is 0 Å². The van der Waals surface area contributed by atoms with Crippen LogP contribution in [0.1, 0.15) is 91.4 Å². The molecule has 218 valence electrons. The lowest BCUT2D eigenvalue weighted by atomic mass is 9.36. The number of Topliss-reactive ketones (excluding diaryl/α,β-unsaturated/α-hetero) is 4. The molecule has 5 rings (SSSR count). The molecule has 0 saturated heterocycles. The van der Waals surface area contributed by atoms with Gasteiger partial charge in [-0.05, 0) is 78.6 Å². The quantitative estimate of drug-likeness (QED) is 0.250. The first-order valence-corrected chi connectivity index (χ1v) is 14.2. The van der Waals surface area contributed by atoms with E-state index in [0.29, 0.717) is 0 Å². The molecule has 1 aromatic rings. The molecule has 3 N–H and O–H groups in total. The molecular weight excluding hydrogens is 508 g/mol. The Morgan fingerprint density at radius 1 is 1.00 bits per heavy atom. The van der Waals surface area contributed by atoms with E-state index >= 15 is 9.59 Å². The smallest absolute Gasteiger partial charge is 0.184 e. The van der Waals surface area contributed by atoms with E-state index in [2.05, 4.69) is 0 Å². The number of hydrogen-bond acceptors (Lipinski definition) is 7. The third-order valence-corrected chi connectivity index (χ3v) is 10.5. The van der Waals surface area contributed by atoms with Crippen molar-refractivity contribution in [3.8, 4) is 0 Å². The number of ketones is 4. The summed E-state index contributed by atoms with van der Waals surface area (Å²) in [5.74, 6) is -4.24. The van der Waals surface area contributed by atoms with Crippen molar-refractivity contribution in [2.75, 3.05) is 0 Å². The molecule has 6 atom stereocenters. The minimum Gasteiger partial charge on any atom is -0.390 e. The van der Waals surface area contributed by atoms with Gasteiger partial charge in [-0.2, -0.15) is 0 Å². The van der Waals surface area contributed by atoms with Crippen molar-refractivity contribution in [2.45, 2.75) is 98.4 Å². The second-order valence-electron chi connectivity index (χ2n) is 14.4. The summed E-state index contributed by atoms with van der Waals surface area (Å²) >= 11 is 0. The summed E-state index contributed by atoms with van der Waals surface area (Å²) in [6.45, 7) is 13.1. The maximum atomic E-state index is 15.3. The Morgan fingerprint density at radius 3 is 2.08 bits per heavy atom. The second kappa shape index (κ2) is 9.27. The van der Waals surface area contributed by atoms with Gasteiger partial charge in [-0.3, -0.25) is 19.2 Å². The Labute approximate surface area is 237 Å². The van der Waals surface area contributed by atoms with Crippen LogP contribution < -0.4 is 0 Å². The lowest BCUT2D eigenvalue weighted by Crippen LogP contribution is -2.76. The van der Waals surface area contributed by atoms with E-state index < -0.39 is 80.4 Å². The standard InChI is InChI=1S/C33H44O7/c1-19(2)14-15-31-17-21-16-22(29(5,6)39)32(25(31)36,18-23(34)30(7,8)40)27(38)33(26(31)37,28(21,3)4)24(35)20-12-10-9-11-13-20/h9-14,21-23,34,39-40H,15-18H2,1-8H3/t21-,22+,23?,31?,32+,33?/m1/s1. The third-order valence-electron chi connectivity index (χ3n) is 10.5. The molecule has 7 nitrogen and oxygen atoms in total. The lowest BCUT2D eigenvalue weighted by Gasteiger charge is -2.61. The molecule has 40 heavy (non-hydrogen) atoms. The largest absolute Gasteiger partial charge is 0.390 e. The van der Waals surface area contributed by atoms with Crippen molar-refractivity contribution in [1.82, 2.24) is 0 Å². The first-order chi connectivity index (χ1) is 18.2. The lowest BCUT2D eigenvalue weighted by molar-refractivity contribution is -0.188. The molecular formula is C33H44O7. The van der Waals surface area contributed by atoms with Gasteiger partial charge in [0.15, 0.2) is 28.5 Å². The number of carbonyl (C=O) groups excluding carboxylic acids is 4. The topological polar surface area (TPSA) is 129 Å². The molecule has 3 unspecified atom stereocenters. The van der Waals surface area contributed by atoms with E-state index in [1.54, 1.807) is 50.3 Å². The van der Waals surface area contributed by atoms with Gasteiger partial charge in [0.2, 0.25) is 0 Å². The Hall–Kier alpha value is -2.48. The van der Waals surface area contributed by atoms with Crippen LogP contribution in [0.25, 0.3) is 0 Å². The summed E-state index contributed by atoms with van der Waals surface area (Å²) in [4.78, 5) is 60.0. The van der Waals surface area contributed by atoms with Gasteiger partial charge in [0.25, 0.3) is 0 Å². The SMILES string of the molecule is CC(C)=CCC12C[C@H]3C[C@@H](C(C)(C)O)[C@@](CC(O)C(C)(C)O)(C1=O)C(=O)C(C(=O)c1ccccc1)(C2=O)C3(C)C. The number of fused-ring (bicyclic) bond motifs is 1. The van der Waals surface area contributed by atoms with Crippen LogP contribution in [0.3, 0.4) is 0 Å². The first-order valence-electron chi connectivity index (χ1n) is 14.2. The van der Waals surface area contributed by atoms with Crippen LogP contribution in [0.15, 0.2) is 42.0 Å². The number of rotatable bonds is 8. The van der Waals surface area contributed by atoms with Crippen LogP contribution >= 0.6 is 0 Å². The highest BCUT2D eigenvalue weighted by Gasteiger charge is 2.84. The van der Waals surface area contributed by atoms with Crippen LogP contribution in [0.5, 0.6) is 0 Å². The summed E-state index contributed by atoms with van der Waals surface area (Å²) in [5.41, 5.74) is -9.34. The van der Waals surface area contributed by atoms with Gasteiger partial charge in [-0.1, -0.05) is 55.8 Å². The fourth-order valence-electron chi connectivity index (χ4n) is 8.09. The molecule has 0 spiro atoms. The van der Waals surface area contributed by atoms with Crippen LogP contribution in [-0.4, -0.2) is 55.8 Å². The van der Waals surface area contributed by atoms with E-state index in [0.717, 1.165) is 5.57 Å². The molecule has 0 aromatic heterocycles. The number of carbonyl (C=O) groups is 4. The van der Waals surface area contributed by atoms with Crippen molar-refractivity contribution in [3.05, 3.63) is 47.5 Å². The highest BCUT2D eigenvalue weighted by atomic mass is 16.3. The van der Waals surface area contributed by atoms with Gasteiger partial charge in [0.05, 0.1) is 28.1 Å². The number of benzene rings is 1. The highest BCUT2D eigenvalue weighted by Crippen LogP contribution is 2.73. The molecule has 4 bridgehead atoms. The Morgan fingerprint density at radius 2 is 1.57 bits per heavy atom. The monoisotopic (exact) mass is 552 g/mol. The normalized spacial score (nSPS) is 34.0. The van der Waals surface area contributed by atoms with Gasteiger partial charge in [-0.25, -0.2) is 0 Å². The van der Waals surface area contributed by atoms with E-state index in [1.807, 2.05) is 13.8 Å². The summed E-state index contributed by atoms with van der Waals surface area (Å²) < 4.78 is 0. The minimum atomic E-state index is -2.21. The summed E-state index contributed by atoms with van der Waals surface area (Å²) in [6.07, 6.45) is 0.142. The molecule has 0 amide bonds. The van der Waals surface area contributed by atoms with Crippen molar-refractivity contribution >= 4 is 23.1 Å². The highest BCUT2D eigenvalue weighted by molar-refractivity contribution is 6.42. The summed E-state index contributed by atoms with van der Waals surface area (Å²) in [6, 6.07) is 8.22. The molecule has 4 saturated carbocycles. The van der Waals surface area contributed by atoms with E-state index in [9.17, 15) is 24.9 Å². The molecule has 4 aliphatic rings. The predicted octanol–water partition coefficient (Wildman–Crippen LogP) is 4.26. The predicted molar refractivity (Wildman–Crippen MR) is 150 cm³/mol. The van der Waals surface area contributed by atoms with Crippen LogP contribution in [0, 0.1) is 33.5 Å². The zero-order valence-corrected chi connectivity index (χ0v) is 25.0. The minimum absolute atomic E-state index is 0.0234. The van der Waals surface area contributed by atoms with Gasteiger partial charge in [-0.15, -0.1) is 0 Å². The van der Waals surface area contributed by atoms with E-state index in [-0.39, 0.29) is 24.8 Å². The average molecular weight is 553 g/mol. The molecule has 4 fully saturated rings. The van der Waals surface area contributed by atoms with Crippen LogP contribution in [-0.2, 0) is 14.4 Å². The summed E-state index contributed by atoms with van der Waals surface area (Å²) in [7, 11) is 0. The maximum absolute atomic E-state index is 15.3. The van der Waals surface area contributed by atoms with Gasteiger partial charge in [0, 0.05) is 11.5 Å². The summed E-state index contributed by atoms with van der Waals surface area (Å²) in [5, 5.41) is 33.6. The number of allylic oxidation sites excluding steroid dienone is 2. The van der Waals surface area contributed by atoms with Crippen molar-refractivity contribution in [1.29, 1.82) is 0 Å². The molecule has 4 aliphatic carbocycles. The molecule has 1 aromatic carbocycles. The van der Waals surface area contributed by atoms with Crippen molar-refractivity contribution < 1.29 is 34.5 Å². The number of hydrogen-bond donors (Lipinski definition) is 3. The Balaban J connectivity index is 2.18. The maximum Gasteiger partial charge on any atom is 0.184 e. The fraction of sp³-hybridized carbons (Fsp3) is 0.636. The molecule has 0 heterocycles. The Bertz CT molecular complexity index is 1270. The zero-order valence-electron chi connectivity index (χ0n) is 25.0. The molecule has 0 aliphatic heterocycles.